The van der Waals surface area contributed by atoms with Gasteiger partial charge < -0.3 is 24.8 Å². The molecule has 2 amide bonds. The van der Waals surface area contributed by atoms with E-state index in [1.54, 1.807) is 46.9 Å². The molecule has 2 N–H and O–H groups in total. The average Bonchev–Trinajstić information content (AvgIpc) is 4.05. The van der Waals surface area contributed by atoms with Crippen LogP contribution in [0.25, 0.3) is 11.1 Å². The van der Waals surface area contributed by atoms with Crippen molar-refractivity contribution in [1.82, 2.24) is 19.8 Å². The zero-order chi connectivity index (χ0) is 37.0. The van der Waals surface area contributed by atoms with Gasteiger partial charge in [-0.3, -0.25) is 14.4 Å². The molecule has 2 aromatic heterocycles. The molecule has 0 bridgehead atoms. The van der Waals surface area contributed by atoms with Crippen molar-refractivity contribution >= 4 is 31.1 Å². The molecule has 3 aliphatic rings. The lowest BCUT2D eigenvalue weighted by Gasteiger charge is -2.46. The highest BCUT2D eigenvalue weighted by Crippen LogP contribution is 2.42. The van der Waals surface area contributed by atoms with Gasteiger partial charge in [0.05, 0.1) is 17.7 Å². The summed E-state index contributed by atoms with van der Waals surface area (Å²) in [5, 5.41) is 16.1. The molecule has 2 unspecified atom stereocenters. The van der Waals surface area contributed by atoms with E-state index in [9.17, 15) is 19.6 Å². The van der Waals surface area contributed by atoms with Gasteiger partial charge in [0.15, 0.2) is 0 Å². The molecule has 0 spiro atoms. The van der Waals surface area contributed by atoms with E-state index in [1.807, 2.05) is 26.1 Å². The van der Waals surface area contributed by atoms with Crippen molar-refractivity contribution < 1.29 is 17.2 Å². The summed E-state index contributed by atoms with van der Waals surface area (Å²) < 4.78 is 7.22. The maximum Gasteiger partial charge on any atom is 0.263 e. The van der Waals surface area contributed by atoms with Gasteiger partial charge in [0, 0.05) is 59.0 Å². The highest BCUT2D eigenvalue weighted by Gasteiger charge is 2.38. The number of nitrogens with one attached hydrogen (secondary N) is 2. The standard InChI is InChI=1S/C39H48N6O4.C2H6.H2S.2H2/c1-23(24(2)25(3)49-6)18-41-19-27-14-33(38(48)45(20-27)30-10-11-30)36(46)43-35-16-29(15-34(42-35)28-8-9-28)31-12-7-26(17-40)13-32(31)37(47)44-21-39(4,5)22-44;1-2;;;/h7,12-16,20,23-25,28,30,41H,8-11,18-19,21-22H2,1-6H3,(H,42,43,46);1-2H3;1H2;2*1H/t23?,24-,25?;;;;/m0..../s1. The van der Waals surface area contributed by atoms with E-state index in [0.717, 1.165) is 49.0 Å². The third-order valence-electron chi connectivity index (χ3n) is 10.4. The van der Waals surface area contributed by atoms with Gasteiger partial charge in [0.2, 0.25) is 0 Å². The molecule has 10 nitrogen and oxygen atoms in total. The minimum absolute atomic E-state index is 0. The fourth-order valence-electron chi connectivity index (χ4n) is 6.74. The number of nitriles is 1. The van der Waals surface area contributed by atoms with Gasteiger partial charge in [0.1, 0.15) is 11.4 Å². The Morgan fingerprint density at radius 1 is 1.06 bits per heavy atom. The first kappa shape index (κ1) is 40.8. The summed E-state index contributed by atoms with van der Waals surface area (Å²) >= 11 is 0. The Morgan fingerprint density at radius 2 is 1.75 bits per heavy atom. The Bertz CT molecular complexity index is 1860. The van der Waals surface area contributed by atoms with Crippen molar-refractivity contribution in [2.24, 2.45) is 17.3 Å². The predicted molar refractivity (Wildman–Crippen MR) is 215 cm³/mol. The van der Waals surface area contributed by atoms with E-state index in [-0.39, 0.29) is 56.9 Å². The van der Waals surface area contributed by atoms with Crippen molar-refractivity contribution in [2.75, 3.05) is 32.1 Å². The summed E-state index contributed by atoms with van der Waals surface area (Å²) in [4.78, 5) is 47.7. The van der Waals surface area contributed by atoms with Crippen LogP contribution in [-0.4, -0.2) is 59.1 Å². The summed E-state index contributed by atoms with van der Waals surface area (Å²) in [7, 11) is 1.73. The second-order valence-corrected chi connectivity index (χ2v) is 15.2. The lowest BCUT2D eigenvalue weighted by Crippen LogP contribution is -2.55. The van der Waals surface area contributed by atoms with Crippen LogP contribution in [0.4, 0.5) is 5.82 Å². The monoisotopic (exact) mass is 732 g/mol. The number of amides is 2. The lowest BCUT2D eigenvalue weighted by atomic mass is 9.83. The van der Waals surface area contributed by atoms with Crippen LogP contribution in [0, 0.1) is 28.6 Å². The molecule has 3 fully saturated rings. The number of ether oxygens (including phenoxy) is 1. The van der Waals surface area contributed by atoms with Crippen LogP contribution in [0.2, 0.25) is 0 Å². The van der Waals surface area contributed by atoms with E-state index in [0.29, 0.717) is 54.0 Å². The molecular weight excluding hydrogens is 673 g/mol. The SMILES string of the molecule is CC.COC(C)[C@@H](C)C(C)CNCc1cc(C(=O)Nc2cc(-c3ccc(C#N)cc3C(=O)N3CC(C)(C)C3)cc(C3CC3)n2)c(=O)n(C2CC2)c1.S.[HH].[HH]. The maximum absolute atomic E-state index is 13.9. The van der Waals surface area contributed by atoms with E-state index in [4.69, 9.17) is 9.72 Å². The summed E-state index contributed by atoms with van der Waals surface area (Å²) in [6, 6.07) is 12.9. The number of methoxy groups -OCH3 is 1. The van der Waals surface area contributed by atoms with E-state index >= 15 is 0 Å². The Morgan fingerprint density at radius 3 is 2.35 bits per heavy atom. The second-order valence-electron chi connectivity index (χ2n) is 15.2. The molecular formula is C41H60N6O4S. The Hall–Kier alpha value is -3.98. The fraction of sp³-hybridized carbons (Fsp3) is 0.537. The number of rotatable bonds is 13. The normalized spacial score (nSPS) is 17.6. The van der Waals surface area contributed by atoms with Crippen molar-refractivity contribution in [3.05, 3.63) is 80.9 Å². The molecule has 11 heteroatoms. The molecule has 1 aromatic carbocycles. The number of nitrogens with zero attached hydrogens (tertiary/aromatic N) is 4. The van der Waals surface area contributed by atoms with Crippen LogP contribution in [0.15, 0.2) is 47.4 Å². The van der Waals surface area contributed by atoms with E-state index < -0.39 is 5.91 Å². The van der Waals surface area contributed by atoms with Crippen molar-refractivity contribution in [1.29, 1.82) is 5.26 Å². The molecule has 3 heterocycles. The minimum Gasteiger partial charge on any atom is -0.381 e. The summed E-state index contributed by atoms with van der Waals surface area (Å²) in [6.45, 7) is 17.3. The van der Waals surface area contributed by atoms with Gasteiger partial charge in [-0.05, 0) is 103 Å². The molecule has 2 aliphatic carbocycles. The molecule has 2 saturated carbocycles. The van der Waals surface area contributed by atoms with Gasteiger partial charge in [0.25, 0.3) is 17.4 Å². The van der Waals surface area contributed by atoms with Gasteiger partial charge in [-0.1, -0.05) is 47.6 Å². The number of aromatic nitrogens is 2. The highest BCUT2D eigenvalue weighted by atomic mass is 32.1. The Balaban J connectivity index is 0.00000198. The molecule has 6 rings (SSSR count). The van der Waals surface area contributed by atoms with Crippen molar-refractivity contribution in [3.8, 4) is 17.2 Å². The molecule has 3 atom stereocenters. The molecule has 1 aliphatic heterocycles. The fourth-order valence-corrected chi connectivity index (χ4v) is 6.74. The third kappa shape index (κ3) is 9.51. The second kappa shape index (κ2) is 17.2. The van der Waals surface area contributed by atoms with Crippen LogP contribution < -0.4 is 16.2 Å². The number of benzene rings is 1. The highest BCUT2D eigenvalue weighted by molar-refractivity contribution is 7.59. The maximum atomic E-state index is 13.9. The zero-order valence-electron chi connectivity index (χ0n) is 32.0. The van der Waals surface area contributed by atoms with Gasteiger partial charge in [-0.2, -0.15) is 18.8 Å². The Kier molecular flexibility index (Phi) is 13.5. The van der Waals surface area contributed by atoms with Gasteiger partial charge in [-0.15, -0.1) is 0 Å². The summed E-state index contributed by atoms with van der Waals surface area (Å²) in [5.41, 5.74) is 3.80. The van der Waals surface area contributed by atoms with Gasteiger partial charge >= 0.3 is 0 Å². The lowest BCUT2D eigenvalue weighted by molar-refractivity contribution is 0.0237. The first-order valence-electron chi connectivity index (χ1n) is 18.5. The van der Waals surface area contributed by atoms with E-state index in [1.165, 1.54) is 0 Å². The topological polar surface area (TPSA) is 129 Å². The van der Waals surface area contributed by atoms with Crippen molar-refractivity contribution in [3.63, 3.8) is 0 Å². The number of anilines is 1. The molecule has 1 saturated heterocycles. The van der Waals surface area contributed by atoms with Crippen LogP contribution in [-0.2, 0) is 11.3 Å². The molecule has 52 heavy (non-hydrogen) atoms. The largest absolute Gasteiger partial charge is 0.381 e. The third-order valence-corrected chi connectivity index (χ3v) is 10.4. The number of hydrogen-bond donors (Lipinski definition) is 2. The first-order valence-corrected chi connectivity index (χ1v) is 18.5. The quantitative estimate of drug-likeness (QED) is 0.184. The molecule has 0 radical (unpaired) electrons. The van der Waals surface area contributed by atoms with Crippen LogP contribution in [0.1, 0.15) is 126 Å². The number of carbonyl (C=O) groups is 2. The van der Waals surface area contributed by atoms with Crippen molar-refractivity contribution in [2.45, 2.75) is 98.8 Å². The summed E-state index contributed by atoms with van der Waals surface area (Å²) in [5.74, 6) is 0.698. The van der Waals surface area contributed by atoms with Crippen LogP contribution in [0.3, 0.4) is 0 Å². The Labute approximate surface area is 318 Å². The molecule has 284 valence electrons. The number of hydrogen-bond acceptors (Lipinski definition) is 7. The number of likely N-dealkylation sites (tertiary alicyclic amines) is 1. The number of carbonyl (C=O) groups excluding carboxylic acids is 2. The number of pyridine rings is 2. The van der Waals surface area contributed by atoms with Crippen LogP contribution >= 0.6 is 13.5 Å². The predicted octanol–water partition coefficient (Wildman–Crippen LogP) is 7.76. The zero-order valence-corrected chi connectivity index (χ0v) is 33.0. The first-order chi connectivity index (χ1) is 24.4. The smallest absolute Gasteiger partial charge is 0.263 e. The van der Waals surface area contributed by atoms with E-state index in [2.05, 4.69) is 51.3 Å². The average molecular weight is 733 g/mol. The summed E-state index contributed by atoms with van der Waals surface area (Å²) in [6.07, 6.45) is 5.84. The van der Waals surface area contributed by atoms with Crippen LogP contribution in [0.5, 0.6) is 0 Å². The van der Waals surface area contributed by atoms with Gasteiger partial charge in [-0.25, -0.2) is 4.98 Å². The minimum atomic E-state index is -0.512. The molecule has 3 aromatic rings.